The summed E-state index contributed by atoms with van der Waals surface area (Å²) >= 11 is 3.37. The summed E-state index contributed by atoms with van der Waals surface area (Å²) in [6, 6.07) is 8.51. The third-order valence-electron chi connectivity index (χ3n) is 2.88. The molecule has 0 saturated heterocycles. The molecule has 0 amide bonds. The van der Waals surface area contributed by atoms with Crippen molar-refractivity contribution in [1.82, 2.24) is 0 Å². The molecule has 1 atom stereocenters. The highest BCUT2D eigenvalue weighted by molar-refractivity contribution is 9.23. The zero-order chi connectivity index (χ0) is 12.5. The summed E-state index contributed by atoms with van der Waals surface area (Å²) < 4.78 is 7.32. The van der Waals surface area contributed by atoms with Gasteiger partial charge < -0.3 is 4.74 Å². The van der Waals surface area contributed by atoms with E-state index >= 15 is 0 Å². The molecule has 0 aliphatic heterocycles. The fourth-order valence-electron chi connectivity index (χ4n) is 1.81. The number of rotatable bonds is 8. The average Bonchev–Trinajstić information content (AvgIpc) is 2.36. The predicted octanol–water partition coefficient (Wildman–Crippen LogP) is 4.06. The average molecular weight is 310 g/mol. The molecule has 92 valence electrons. The Kier molecular flexibility index (Phi) is 8.32. The van der Waals surface area contributed by atoms with E-state index in [-0.39, 0.29) is 18.2 Å². The minimum Gasteiger partial charge on any atom is -0.491 e. The molecule has 0 aliphatic carbocycles. The maximum Gasteiger partial charge on any atom is 0.506 e. The Morgan fingerprint density at radius 1 is 1.18 bits per heavy atom. The van der Waals surface area contributed by atoms with Crippen molar-refractivity contribution in [1.29, 1.82) is 0 Å². The topological polar surface area (TPSA) is 9.23 Å². The van der Waals surface area contributed by atoms with E-state index in [1.165, 1.54) is 29.4 Å². The molecule has 0 heterocycles. The normalized spacial score (nSPS) is 11.9. The molecular formula is C14H21BrMgO. The Bertz CT molecular complexity index is 300. The van der Waals surface area contributed by atoms with Crippen molar-refractivity contribution in [2.24, 2.45) is 0 Å². The SMILES string of the molecule is CCCCCC[C@@H](C)Oc1cc[c]([Mg][Br])cc1. The lowest BCUT2D eigenvalue weighted by molar-refractivity contribution is 0.206. The van der Waals surface area contributed by atoms with E-state index in [0.29, 0.717) is 6.10 Å². The molecule has 1 nitrogen and oxygen atoms in total. The molecule has 17 heavy (non-hydrogen) atoms. The highest BCUT2D eigenvalue weighted by atomic mass is 79.9. The maximum absolute atomic E-state index is 5.89. The molecule has 0 aliphatic rings. The quantitative estimate of drug-likeness (QED) is 0.520. The first-order valence-corrected chi connectivity index (χ1v) is 11.2. The van der Waals surface area contributed by atoms with Crippen molar-refractivity contribution in [3.63, 3.8) is 0 Å². The van der Waals surface area contributed by atoms with Crippen LogP contribution in [0.5, 0.6) is 5.75 Å². The van der Waals surface area contributed by atoms with Crippen molar-refractivity contribution in [3.8, 4) is 5.75 Å². The summed E-state index contributed by atoms with van der Waals surface area (Å²) in [7, 11) is 0. The smallest absolute Gasteiger partial charge is 0.491 e. The molecule has 0 spiro atoms. The first-order valence-electron chi connectivity index (χ1n) is 6.57. The van der Waals surface area contributed by atoms with Crippen LogP contribution in [0, 0.1) is 0 Å². The van der Waals surface area contributed by atoms with Crippen LogP contribution in [-0.4, -0.2) is 24.3 Å². The summed E-state index contributed by atoms with van der Waals surface area (Å²) in [5.41, 5.74) is 0. The second-order valence-corrected chi connectivity index (χ2v) is 7.32. The molecule has 0 radical (unpaired) electrons. The fraction of sp³-hybridized carbons (Fsp3) is 0.571. The molecule has 0 N–H and O–H groups in total. The van der Waals surface area contributed by atoms with Gasteiger partial charge in [0.05, 0.1) is 6.10 Å². The van der Waals surface area contributed by atoms with Crippen molar-refractivity contribution in [2.75, 3.05) is 0 Å². The Balaban J connectivity index is 2.26. The van der Waals surface area contributed by atoms with Gasteiger partial charge >= 0.3 is 18.2 Å². The van der Waals surface area contributed by atoms with Crippen LogP contribution in [0.3, 0.4) is 0 Å². The second kappa shape index (κ2) is 9.23. The zero-order valence-corrected chi connectivity index (χ0v) is 13.9. The lowest BCUT2D eigenvalue weighted by Gasteiger charge is -2.14. The van der Waals surface area contributed by atoms with E-state index in [1.54, 1.807) is 0 Å². The molecular weight excluding hydrogens is 288 g/mol. The van der Waals surface area contributed by atoms with E-state index in [2.05, 4.69) is 51.0 Å². The van der Waals surface area contributed by atoms with Crippen molar-refractivity contribution in [2.45, 2.75) is 52.1 Å². The summed E-state index contributed by atoms with van der Waals surface area (Å²) in [5.74, 6) is 1.01. The first kappa shape index (κ1) is 15.3. The zero-order valence-electron chi connectivity index (χ0n) is 10.9. The Morgan fingerprint density at radius 3 is 2.47 bits per heavy atom. The predicted molar refractivity (Wildman–Crippen MR) is 79.6 cm³/mol. The Hall–Kier alpha value is 0.266. The first-order chi connectivity index (χ1) is 8.26. The Morgan fingerprint density at radius 2 is 1.88 bits per heavy atom. The number of halogens is 1. The minimum atomic E-state index is -0.214. The van der Waals surface area contributed by atoms with Crippen LogP contribution in [0.4, 0.5) is 0 Å². The largest absolute Gasteiger partial charge is 0.506 e. The lowest BCUT2D eigenvalue weighted by atomic mass is 10.1. The summed E-state index contributed by atoms with van der Waals surface area (Å²) in [5, 5.41) is 0. The van der Waals surface area contributed by atoms with Gasteiger partial charge in [0.25, 0.3) is 0 Å². The van der Waals surface area contributed by atoms with Gasteiger partial charge in [0.2, 0.25) is 0 Å². The summed E-state index contributed by atoms with van der Waals surface area (Å²) in [6.45, 7) is 4.41. The molecule has 0 saturated carbocycles. The molecule has 1 rings (SSSR count). The Labute approximate surface area is 121 Å². The van der Waals surface area contributed by atoms with Gasteiger partial charge in [-0.3, -0.25) is 12.9 Å². The number of hydrogen-bond acceptors (Lipinski definition) is 1. The van der Waals surface area contributed by atoms with Gasteiger partial charge in [0.15, 0.2) is 0 Å². The van der Waals surface area contributed by atoms with Gasteiger partial charge in [0, 0.05) is 0 Å². The highest BCUT2D eigenvalue weighted by Gasteiger charge is 2.04. The maximum atomic E-state index is 5.89. The third kappa shape index (κ3) is 6.68. The fourth-order valence-corrected chi connectivity index (χ4v) is 3.34. The highest BCUT2D eigenvalue weighted by Crippen LogP contribution is 2.14. The molecule has 0 aromatic heterocycles. The van der Waals surface area contributed by atoms with E-state index < -0.39 is 0 Å². The monoisotopic (exact) mass is 308 g/mol. The molecule has 0 bridgehead atoms. The van der Waals surface area contributed by atoms with Crippen LogP contribution < -0.4 is 8.43 Å². The summed E-state index contributed by atoms with van der Waals surface area (Å²) in [4.78, 5) is 0. The van der Waals surface area contributed by atoms with E-state index in [9.17, 15) is 0 Å². The second-order valence-electron chi connectivity index (χ2n) is 4.56. The van der Waals surface area contributed by atoms with Gasteiger partial charge in [-0.1, -0.05) is 38.3 Å². The van der Waals surface area contributed by atoms with E-state index in [0.717, 1.165) is 12.2 Å². The van der Waals surface area contributed by atoms with Gasteiger partial charge in [0.1, 0.15) is 5.75 Å². The van der Waals surface area contributed by atoms with Gasteiger partial charge in [-0.25, -0.2) is 0 Å². The van der Waals surface area contributed by atoms with Gasteiger partial charge in [-0.2, -0.15) is 3.69 Å². The van der Waals surface area contributed by atoms with Crippen LogP contribution >= 0.6 is 12.9 Å². The van der Waals surface area contributed by atoms with Crippen LogP contribution in [0.2, 0.25) is 0 Å². The number of ether oxygens (including phenoxy) is 1. The van der Waals surface area contributed by atoms with Gasteiger partial charge in [-0.15, -0.1) is 0 Å². The van der Waals surface area contributed by atoms with Crippen LogP contribution in [0.1, 0.15) is 46.0 Å². The lowest BCUT2D eigenvalue weighted by Crippen LogP contribution is -2.13. The van der Waals surface area contributed by atoms with Crippen molar-refractivity contribution >= 4 is 34.8 Å². The number of unbranched alkanes of at least 4 members (excludes halogenated alkanes) is 3. The number of hydrogen-bond donors (Lipinski definition) is 0. The summed E-state index contributed by atoms with van der Waals surface area (Å²) in [6.07, 6.45) is 6.75. The van der Waals surface area contributed by atoms with Crippen LogP contribution in [-0.2, 0) is 0 Å². The minimum absolute atomic E-state index is 0.214. The van der Waals surface area contributed by atoms with Crippen LogP contribution in [0.25, 0.3) is 0 Å². The third-order valence-corrected chi connectivity index (χ3v) is 5.60. The van der Waals surface area contributed by atoms with E-state index in [4.69, 9.17) is 4.74 Å². The standard InChI is InChI=1S/C14H21O.BrH.Mg/c1-3-4-5-7-10-13(2)15-14-11-8-6-9-12-14;;/h8-9,11-13H,3-5,7,10H2,1-2H3;1H;/q;;+1/p-1/t13-;;/m1../s1. The van der Waals surface area contributed by atoms with E-state index in [1.807, 2.05) is 0 Å². The molecule has 3 heteroatoms. The van der Waals surface area contributed by atoms with Crippen molar-refractivity contribution < 1.29 is 4.74 Å². The molecule has 1 aromatic rings. The van der Waals surface area contributed by atoms with Gasteiger partial charge in [-0.05, 0) is 31.9 Å². The number of benzene rings is 1. The van der Waals surface area contributed by atoms with Crippen LogP contribution in [0.15, 0.2) is 24.3 Å². The van der Waals surface area contributed by atoms with Crippen molar-refractivity contribution in [3.05, 3.63) is 24.3 Å². The molecule has 0 unspecified atom stereocenters. The molecule has 0 fully saturated rings. The molecule has 1 aromatic carbocycles.